The second kappa shape index (κ2) is 5.66. The van der Waals surface area contributed by atoms with E-state index in [1.54, 1.807) is 10.6 Å². The number of allylic oxidation sites excluding steroid dienone is 2. The highest BCUT2D eigenvalue weighted by Gasteiger charge is 2.19. The highest BCUT2D eigenvalue weighted by Crippen LogP contribution is 2.38. The summed E-state index contributed by atoms with van der Waals surface area (Å²) in [5, 5.41) is 10.4. The van der Waals surface area contributed by atoms with Gasteiger partial charge >= 0.3 is 0 Å². The summed E-state index contributed by atoms with van der Waals surface area (Å²) in [6, 6.07) is 6.21. The minimum Gasteiger partial charge on any atom is -0.493 e. The van der Waals surface area contributed by atoms with Gasteiger partial charge in [0.15, 0.2) is 3.95 Å². The van der Waals surface area contributed by atoms with Crippen molar-refractivity contribution in [3.63, 3.8) is 0 Å². The van der Waals surface area contributed by atoms with Crippen LogP contribution in [0.2, 0.25) is 0 Å². The molecule has 2 heterocycles. The quantitative estimate of drug-likeness (QED) is 0.627. The van der Waals surface area contributed by atoms with E-state index >= 15 is 0 Å². The Morgan fingerprint density at radius 2 is 2.18 bits per heavy atom. The first-order chi connectivity index (χ1) is 10.5. The third-order valence-electron chi connectivity index (χ3n) is 3.60. The first-order valence-corrected chi connectivity index (χ1v) is 8.15. The van der Waals surface area contributed by atoms with Crippen LogP contribution >= 0.6 is 23.6 Å². The van der Waals surface area contributed by atoms with Crippen molar-refractivity contribution in [3.8, 4) is 5.88 Å². The number of fused-ring (bicyclic) bond motifs is 1. The molecule has 2 aromatic rings. The first-order valence-electron chi connectivity index (χ1n) is 6.93. The Kier molecular flexibility index (Phi) is 3.85. The third-order valence-corrected chi connectivity index (χ3v) is 4.99. The van der Waals surface area contributed by atoms with Gasteiger partial charge in [-0.1, -0.05) is 17.7 Å². The Morgan fingerprint density at radius 3 is 2.91 bits per heavy atom. The van der Waals surface area contributed by atoms with Gasteiger partial charge in [0.1, 0.15) is 0 Å². The molecule has 5 heteroatoms. The molecule has 0 aliphatic carbocycles. The smallest absolute Gasteiger partial charge is 0.210 e. The summed E-state index contributed by atoms with van der Waals surface area (Å²) in [4.78, 5) is 5.34. The number of hydrogen-bond donors (Lipinski definition) is 1. The molecule has 1 N–H and O–H groups in total. The average molecular weight is 328 g/mol. The van der Waals surface area contributed by atoms with Crippen molar-refractivity contribution in [2.75, 3.05) is 0 Å². The minimum atomic E-state index is 0.191. The number of aryl methyl sites for hydroxylation is 1. The summed E-state index contributed by atoms with van der Waals surface area (Å²) in [5.41, 5.74) is 5.26. The number of thiazole rings is 1. The Labute approximate surface area is 138 Å². The van der Waals surface area contributed by atoms with E-state index in [4.69, 9.17) is 12.2 Å². The minimum absolute atomic E-state index is 0.191. The van der Waals surface area contributed by atoms with Crippen LogP contribution in [0.4, 0.5) is 5.69 Å². The summed E-state index contributed by atoms with van der Waals surface area (Å²) in [5.74, 6) is 0.191. The largest absolute Gasteiger partial charge is 0.493 e. The maximum Gasteiger partial charge on any atom is 0.210 e. The van der Waals surface area contributed by atoms with Crippen LogP contribution in [0.15, 0.2) is 35.8 Å². The van der Waals surface area contributed by atoms with Crippen LogP contribution < -0.4 is 0 Å². The zero-order valence-corrected chi connectivity index (χ0v) is 14.1. The maximum absolute atomic E-state index is 10.4. The molecular weight excluding hydrogens is 312 g/mol. The summed E-state index contributed by atoms with van der Waals surface area (Å²) < 4.78 is 2.32. The van der Waals surface area contributed by atoms with Gasteiger partial charge in [0.2, 0.25) is 5.88 Å². The van der Waals surface area contributed by atoms with E-state index < -0.39 is 0 Å². The Hall–Kier alpha value is -1.98. The molecule has 3 rings (SSSR count). The molecule has 1 aliphatic rings. The van der Waals surface area contributed by atoms with Crippen molar-refractivity contribution >= 4 is 46.6 Å². The van der Waals surface area contributed by atoms with Gasteiger partial charge in [0.25, 0.3) is 0 Å². The maximum atomic E-state index is 10.4. The molecule has 0 unspecified atom stereocenters. The second-order valence-electron chi connectivity index (χ2n) is 5.23. The first kappa shape index (κ1) is 14.9. The van der Waals surface area contributed by atoms with Crippen molar-refractivity contribution in [1.29, 1.82) is 0 Å². The fraction of sp³-hybridized carbons (Fsp3) is 0.176. The van der Waals surface area contributed by atoms with Gasteiger partial charge in [0, 0.05) is 23.4 Å². The number of rotatable bonds is 3. The van der Waals surface area contributed by atoms with Crippen LogP contribution in [0, 0.1) is 10.9 Å². The molecule has 0 amide bonds. The fourth-order valence-electron chi connectivity index (χ4n) is 2.51. The number of nitrogens with zero attached hydrogens (tertiary/aromatic N) is 2. The van der Waals surface area contributed by atoms with Crippen LogP contribution in [-0.4, -0.2) is 15.4 Å². The van der Waals surface area contributed by atoms with Crippen molar-refractivity contribution in [2.45, 2.75) is 20.4 Å². The fourth-order valence-corrected chi connectivity index (χ4v) is 3.78. The molecule has 0 saturated heterocycles. The lowest BCUT2D eigenvalue weighted by atomic mass is 10.0. The van der Waals surface area contributed by atoms with Crippen LogP contribution in [0.3, 0.4) is 0 Å². The van der Waals surface area contributed by atoms with Gasteiger partial charge in [-0.2, -0.15) is 0 Å². The number of aromatic nitrogens is 1. The van der Waals surface area contributed by atoms with Crippen molar-refractivity contribution in [1.82, 2.24) is 4.57 Å². The van der Waals surface area contributed by atoms with Crippen LogP contribution in [0.25, 0.3) is 11.6 Å². The lowest BCUT2D eigenvalue weighted by Gasteiger charge is -2.03. The number of aromatic hydroxyl groups is 1. The Balaban J connectivity index is 2.13. The van der Waals surface area contributed by atoms with E-state index in [1.165, 1.54) is 16.9 Å². The molecule has 0 bridgehead atoms. The molecule has 1 aromatic heterocycles. The topological polar surface area (TPSA) is 37.5 Å². The summed E-state index contributed by atoms with van der Waals surface area (Å²) in [7, 11) is 0. The summed E-state index contributed by atoms with van der Waals surface area (Å²) >= 11 is 6.71. The van der Waals surface area contributed by atoms with Crippen molar-refractivity contribution in [3.05, 3.63) is 50.8 Å². The molecule has 22 heavy (non-hydrogen) atoms. The van der Waals surface area contributed by atoms with E-state index in [2.05, 4.69) is 30.6 Å². The monoisotopic (exact) mass is 328 g/mol. The number of aliphatic imine (C=N–C) groups is 1. The predicted molar refractivity (Wildman–Crippen MR) is 96.8 cm³/mol. The van der Waals surface area contributed by atoms with Gasteiger partial charge in [-0.25, -0.2) is 0 Å². The van der Waals surface area contributed by atoms with Gasteiger partial charge < -0.3 is 5.11 Å². The normalized spacial score (nSPS) is 15.0. The summed E-state index contributed by atoms with van der Waals surface area (Å²) in [6.07, 6.45) is 3.69. The van der Waals surface area contributed by atoms with E-state index in [1.807, 2.05) is 19.1 Å². The van der Waals surface area contributed by atoms with Crippen molar-refractivity contribution in [2.24, 2.45) is 4.99 Å². The van der Waals surface area contributed by atoms with E-state index in [0.717, 1.165) is 27.4 Å². The molecule has 0 atom stereocenters. The SMILES string of the molecule is C=CCn1c(O)c(/C=C2\C(C)=Nc3ccc(C)cc32)sc1=S. The highest BCUT2D eigenvalue weighted by atomic mass is 32.1. The molecule has 0 saturated carbocycles. The molecule has 112 valence electrons. The lowest BCUT2D eigenvalue weighted by molar-refractivity contribution is 0.424. The molecular formula is C17H16N2OS2. The van der Waals surface area contributed by atoms with E-state index in [-0.39, 0.29) is 5.88 Å². The van der Waals surface area contributed by atoms with Crippen LogP contribution in [-0.2, 0) is 6.54 Å². The Morgan fingerprint density at radius 1 is 1.41 bits per heavy atom. The molecule has 0 spiro atoms. The number of hydrogen-bond acceptors (Lipinski definition) is 4. The van der Waals surface area contributed by atoms with Crippen molar-refractivity contribution < 1.29 is 5.11 Å². The second-order valence-corrected chi connectivity index (χ2v) is 6.91. The van der Waals surface area contributed by atoms with Crippen LogP contribution in [0.1, 0.15) is 22.9 Å². The average Bonchev–Trinajstić information content (AvgIpc) is 2.92. The molecule has 1 aromatic carbocycles. The molecule has 3 nitrogen and oxygen atoms in total. The number of benzene rings is 1. The summed E-state index contributed by atoms with van der Waals surface area (Å²) in [6.45, 7) is 8.25. The third kappa shape index (κ3) is 2.46. The molecule has 0 radical (unpaired) electrons. The van der Waals surface area contributed by atoms with E-state index in [9.17, 15) is 5.11 Å². The molecule has 0 fully saturated rings. The predicted octanol–water partition coefficient (Wildman–Crippen LogP) is 5.13. The zero-order chi connectivity index (χ0) is 15.9. The standard InChI is InChI=1S/C17H16N2OS2/c1-4-7-19-16(20)15(22-17(19)21)9-12-11(3)18-14-6-5-10(2)8-13(12)14/h4-6,8-9,20H,1,7H2,2-3H3/b12-9+. The molecule has 1 aliphatic heterocycles. The van der Waals surface area contributed by atoms with Gasteiger partial charge in [0.05, 0.1) is 10.6 Å². The van der Waals surface area contributed by atoms with Crippen LogP contribution in [0.5, 0.6) is 5.88 Å². The van der Waals surface area contributed by atoms with Gasteiger partial charge in [-0.15, -0.1) is 17.9 Å². The van der Waals surface area contributed by atoms with Gasteiger partial charge in [-0.3, -0.25) is 9.56 Å². The highest BCUT2D eigenvalue weighted by molar-refractivity contribution is 7.73. The zero-order valence-electron chi connectivity index (χ0n) is 12.5. The lowest BCUT2D eigenvalue weighted by Crippen LogP contribution is -1.93. The van der Waals surface area contributed by atoms with E-state index in [0.29, 0.717) is 10.5 Å². The van der Waals surface area contributed by atoms with Gasteiger partial charge in [-0.05, 0) is 44.3 Å². The Bertz CT molecular complexity index is 885.